The molecule has 0 aliphatic heterocycles. The highest BCUT2D eigenvalue weighted by Gasteiger charge is 2.18. The van der Waals surface area contributed by atoms with Crippen LogP contribution in [-0.2, 0) is 0 Å². The fourth-order valence-electron chi connectivity index (χ4n) is 6.92. The van der Waals surface area contributed by atoms with Gasteiger partial charge in [0.05, 0.1) is 0 Å². The van der Waals surface area contributed by atoms with Gasteiger partial charge in [0.25, 0.3) is 0 Å². The molecule has 0 spiro atoms. The Morgan fingerprint density at radius 2 is 0.780 bits per heavy atom. The van der Waals surface area contributed by atoms with Gasteiger partial charge in [-0.3, -0.25) is 0 Å². The molecule has 9 rings (SSSR count). The summed E-state index contributed by atoms with van der Waals surface area (Å²) in [5.41, 5.74) is 5.13. The zero-order chi connectivity index (χ0) is 26.9. The third-order valence-electron chi connectivity index (χ3n) is 8.63. The van der Waals surface area contributed by atoms with Gasteiger partial charge < -0.3 is 0 Å². The first kappa shape index (κ1) is 22.8. The molecular weight excluding hydrogens is 513 g/mol. The van der Waals surface area contributed by atoms with Crippen LogP contribution in [0, 0.1) is 0 Å². The molecule has 0 saturated carbocycles. The second-order valence-electron chi connectivity index (χ2n) is 10.8. The highest BCUT2D eigenvalue weighted by molar-refractivity contribution is 7.27. The van der Waals surface area contributed by atoms with Crippen LogP contribution in [0.1, 0.15) is 0 Å². The molecule has 1 heterocycles. The maximum Gasteiger partial charge on any atom is 0.0440 e. The normalized spacial score (nSPS) is 11.9. The molecule has 0 amide bonds. The van der Waals surface area contributed by atoms with Gasteiger partial charge in [0.1, 0.15) is 0 Å². The van der Waals surface area contributed by atoms with E-state index in [0.717, 1.165) is 0 Å². The Labute approximate surface area is 241 Å². The zero-order valence-corrected chi connectivity index (χ0v) is 23.1. The van der Waals surface area contributed by atoms with Crippen molar-refractivity contribution >= 4 is 74.6 Å². The van der Waals surface area contributed by atoms with Crippen LogP contribution < -0.4 is 0 Å². The number of thiophene rings is 1. The summed E-state index contributed by atoms with van der Waals surface area (Å²) in [4.78, 5) is 0. The lowest BCUT2D eigenvalue weighted by Crippen LogP contribution is -1.90. The van der Waals surface area contributed by atoms with Gasteiger partial charge in [-0.25, -0.2) is 0 Å². The van der Waals surface area contributed by atoms with Crippen molar-refractivity contribution in [2.24, 2.45) is 0 Å². The Hall–Kier alpha value is -4.98. The summed E-state index contributed by atoms with van der Waals surface area (Å²) >= 11 is 1.92. The molecule has 9 aromatic rings. The molecule has 0 atom stereocenters. The first-order valence-electron chi connectivity index (χ1n) is 14.1. The van der Waals surface area contributed by atoms with E-state index in [4.69, 9.17) is 0 Å². The van der Waals surface area contributed by atoms with Gasteiger partial charge in [-0.15, -0.1) is 11.3 Å². The fourth-order valence-corrected chi connectivity index (χ4v) is 8.15. The number of benzene rings is 8. The molecule has 0 bridgehead atoms. The highest BCUT2D eigenvalue weighted by atomic mass is 32.1. The average Bonchev–Trinajstić information content (AvgIpc) is 3.43. The van der Waals surface area contributed by atoms with Crippen molar-refractivity contribution in [2.75, 3.05) is 0 Å². The van der Waals surface area contributed by atoms with E-state index in [-0.39, 0.29) is 0 Å². The van der Waals surface area contributed by atoms with Crippen molar-refractivity contribution in [1.29, 1.82) is 0 Å². The first-order chi connectivity index (χ1) is 20.4. The SMILES string of the molecule is c1ccc(-c2c3ccccc3c(-c3ccc4sc5c6ccccc6c6ccccc6c5c4c3)c3ccccc23)cc1. The third kappa shape index (κ3) is 3.27. The molecule has 0 nitrogen and oxygen atoms in total. The van der Waals surface area contributed by atoms with E-state index >= 15 is 0 Å². The van der Waals surface area contributed by atoms with Crippen LogP contribution in [0.2, 0.25) is 0 Å². The Morgan fingerprint density at radius 1 is 0.317 bits per heavy atom. The van der Waals surface area contributed by atoms with Crippen LogP contribution >= 0.6 is 11.3 Å². The maximum absolute atomic E-state index is 2.45. The van der Waals surface area contributed by atoms with Gasteiger partial charge in [-0.2, -0.15) is 0 Å². The smallest absolute Gasteiger partial charge is 0.0440 e. The lowest BCUT2D eigenvalue weighted by molar-refractivity contribution is 1.66. The van der Waals surface area contributed by atoms with Gasteiger partial charge in [-0.05, 0) is 72.1 Å². The van der Waals surface area contributed by atoms with E-state index in [2.05, 4.69) is 146 Å². The minimum atomic E-state index is 1.25. The Kier molecular flexibility index (Phi) is 4.87. The zero-order valence-electron chi connectivity index (χ0n) is 22.3. The standard InChI is InChI=1S/C40H24S/c1-2-12-25(13-3-1)37-30-17-7-9-19-32(30)38(33-20-10-8-18-31(33)37)26-22-23-36-35(24-26)39-29-16-6-4-14-27(29)28-15-5-11-21-34(28)40(39)41-36/h1-24H. The van der Waals surface area contributed by atoms with Crippen LogP contribution in [0.25, 0.3) is 85.5 Å². The summed E-state index contributed by atoms with van der Waals surface area (Å²) in [6, 6.07) is 53.5. The minimum Gasteiger partial charge on any atom is -0.135 e. The molecule has 8 aromatic carbocycles. The third-order valence-corrected chi connectivity index (χ3v) is 9.83. The van der Waals surface area contributed by atoms with Crippen molar-refractivity contribution in [3.8, 4) is 22.3 Å². The van der Waals surface area contributed by atoms with E-state index in [9.17, 15) is 0 Å². The van der Waals surface area contributed by atoms with Crippen LogP contribution in [-0.4, -0.2) is 0 Å². The molecular formula is C40H24S. The number of fused-ring (bicyclic) bond motifs is 10. The molecule has 190 valence electrons. The second-order valence-corrected chi connectivity index (χ2v) is 11.9. The van der Waals surface area contributed by atoms with E-state index in [1.807, 2.05) is 11.3 Å². The lowest BCUT2D eigenvalue weighted by Gasteiger charge is -2.17. The predicted octanol–water partition coefficient (Wildman–Crippen LogP) is 12.0. The van der Waals surface area contributed by atoms with E-state index in [1.165, 1.54) is 85.5 Å². The maximum atomic E-state index is 2.45. The summed E-state index contributed by atoms with van der Waals surface area (Å²) < 4.78 is 2.71. The van der Waals surface area contributed by atoms with Gasteiger partial charge in [-0.1, -0.05) is 133 Å². The van der Waals surface area contributed by atoms with Crippen LogP contribution in [0.4, 0.5) is 0 Å². The first-order valence-corrected chi connectivity index (χ1v) is 14.9. The van der Waals surface area contributed by atoms with E-state index in [1.54, 1.807) is 0 Å². The Balaban J connectivity index is 1.43. The average molecular weight is 537 g/mol. The highest BCUT2D eigenvalue weighted by Crippen LogP contribution is 2.47. The van der Waals surface area contributed by atoms with Crippen molar-refractivity contribution in [3.05, 3.63) is 146 Å². The molecule has 0 saturated heterocycles. The molecule has 0 unspecified atom stereocenters. The number of rotatable bonds is 2. The van der Waals surface area contributed by atoms with Crippen molar-refractivity contribution in [2.45, 2.75) is 0 Å². The molecule has 0 aliphatic rings. The number of hydrogen-bond acceptors (Lipinski definition) is 1. The van der Waals surface area contributed by atoms with Crippen LogP contribution in [0.3, 0.4) is 0 Å². The summed E-state index contributed by atoms with van der Waals surface area (Å²) in [7, 11) is 0. The summed E-state index contributed by atoms with van der Waals surface area (Å²) in [6.07, 6.45) is 0. The fraction of sp³-hybridized carbons (Fsp3) is 0. The van der Waals surface area contributed by atoms with Gasteiger partial charge in [0, 0.05) is 25.6 Å². The van der Waals surface area contributed by atoms with E-state index < -0.39 is 0 Å². The monoisotopic (exact) mass is 536 g/mol. The van der Waals surface area contributed by atoms with Crippen molar-refractivity contribution in [1.82, 2.24) is 0 Å². The molecule has 0 N–H and O–H groups in total. The molecule has 0 radical (unpaired) electrons. The van der Waals surface area contributed by atoms with Crippen molar-refractivity contribution < 1.29 is 0 Å². The quantitative estimate of drug-likeness (QED) is 0.152. The van der Waals surface area contributed by atoms with Crippen LogP contribution in [0.5, 0.6) is 0 Å². The van der Waals surface area contributed by atoms with Gasteiger partial charge >= 0.3 is 0 Å². The largest absolute Gasteiger partial charge is 0.135 e. The lowest BCUT2D eigenvalue weighted by atomic mass is 9.85. The van der Waals surface area contributed by atoms with Gasteiger partial charge in [0.2, 0.25) is 0 Å². The second kappa shape index (κ2) is 8.76. The summed E-state index contributed by atoms with van der Waals surface area (Å²) in [5, 5.41) is 13.2. The number of hydrogen-bond donors (Lipinski definition) is 0. The molecule has 41 heavy (non-hydrogen) atoms. The van der Waals surface area contributed by atoms with Crippen LogP contribution in [0.15, 0.2) is 146 Å². The summed E-state index contributed by atoms with van der Waals surface area (Å²) in [5.74, 6) is 0. The molecule has 0 fully saturated rings. The van der Waals surface area contributed by atoms with E-state index in [0.29, 0.717) is 0 Å². The topological polar surface area (TPSA) is 0 Å². The minimum absolute atomic E-state index is 1.25. The summed E-state index contributed by atoms with van der Waals surface area (Å²) in [6.45, 7) is 0. The molecule has 0 aliphatic carbocycles. The molecule has 1 aromatic heterocycles. The molecule has 1 heteroatoms. The Morgan fingerprint density at radius 3 is 1.39 bits per heavy atom. The predicted molar refractivity (Wildman–Crippen MR) is 180 cm³/mol. The Bertz CT molecular complexity index is 2410. The van der Waals surface area contributed by atoms with Gasteiger partial charge in [0.15, 0.2) is 0 Å². The van der Waals surface area contributed by atoms with Crippen molar-refractivity contribution in [3.63, 3.8) is 0 Å².